The van der Waals surface area contributed by atoms with Gasteiger partial charge in [0.2, 0.25) is 0 Å². The Bertz CT molecular complexity index is 447. The van der Waals surface area contributed by atoms with Crippen molar-refractivity contribution in [2.24, 2.45) is 5.73 Å². The molecule has 0 aliphatic carbocycles. The van der Waals surface area contributed by atoms with Crippen molar-refractivity contribution in [1.29, 1.82) is 0 Å². The maximum atomic E-state index is 12.9. The minimum atomic E-state index is -3.13. The standard InChI is InChI=1S/C12H15ClF2N2O2.ClH/c1-8(11(18)17-7-12(14,15)6-16)19-10-5-3-2-4-9(10)13;/h2-5,8H,6-7,16H2,1H3,(H,17,18);1H. The van der Waals surface area contributed by atoms with Crippen LogP contribution < -0.4 is 15.8 Å². The average molecular weight is 329 g/mol. The van der Waals surface area contributed by atoms with E-state index in [1.54, 1.807) is 24.3 Å². The third-order valence-electron chi connectivity index (χ3n) is 2.33. The Kier molecular flexibility index (Phi) is 7.78. The van der Waals surface area contributed by atoms with E-state index in [-0.39, 0.29) is 12.4 Å². The van der Waals surface area contributed by atoms with Crippen LogP contribution in [-0.2, 0) is 4.79 Å². The third kappa shape index (κ3) is 5.90. The highest BCUT2D eigenvalue weighted by molar-refractivity contribution is 6.32. The lowest BCUT2D eigenvalue weighted by Crippen LogP contribution is -2.45. The number of alkyl halides is 2. The fourth-order valence-corrected chi connectivity index (χ4v) is 1.40. The number of carbonyl (C=O) groups excluding carboxylic acids is 1. The minimum Gasteiger partial charge on any atom is -0.479 e. The second-order valence-electron chi connectivity index (χ2n) is 3.97. The molecule has 0 aromatic heterocycles. The molecule has 1 unspecified atom stereocenters. The Hall–Kier alpha value is -1.11. The predicted molar refractivity (Wildman–Crippen MR) is 75.8 cm³/mol. The number of hydrogen-bond acceptors (Lipinski definition) is 3. The van der Waals surface area contributed by atoms with Crippen LogP contribution in [-0.4, -0.2) is 31.0 Å². The molecule has 0 aliphatic rings. The first-order valence-corrected chi connectivity index (χ1v) is 6.00. The van der Waals surface area contributed by atoms with Crippen molar-refractivity contribution in [3.05, 3.63) is 29.3 Å². The van der Waals surface area contributed by atoms with Crippen molar-refractivity contribution >= 4 is 29.9 Å². The quantitative estimate of drug-likeness (QED) is 0.841. The number of benzene rings is 1. The Morgan fingerprint density at radius 2 is 2.10 bits per heavy atom. The highest BCUT2D eigenvalue weighted by Gasteiger charge is 2.28. The molecule has 0 heterocycles. The van der Waals surface area contributed by atoms with Gasteiger partial charge in [-0.25, -0.2) is 8.78 Å². The van der Waals surface area contributed by atoms with Gasteiger partial charge < -0.3 is 15.8 Å². The lowest BCUT2D eigenvalue weighted by molar-refractivity contribution is -0.129. The van der Waals surface area contributed by atoms with Crippen molar-refractivity contribution in [1.82, 2.24) is 5.32 Å². The Morgan fingerprint density at radius 1 is 1.50 bits per heavy atom. The molecule has 0 saturated carbocycles. The van der Waals surface area contributed by atoms with Gasteiger partial charge >= 0.3 is 0 Å². The molecule has 4 nitrogen and oxygen atoms in total. The fraction of sp³-hybridized carbons (Fsp3) is 0.417. The molecule has 0 fully saturated rings. The van der Waals surface area contributed by atoms with E-state index < -0.39 is 31.0 Å². The first-order chi connectivity index (χ1) is 8.85. The van der Waals surface area contributed by atoms with E-state index in [4.69, 9.17) is 22.1 Å². The van der Waals surface area contributed by atoms with Gasteiger partial charge in [0.05, 0.1) is 18.1 Å². The number of amides is 1. The smallest absolute Gasteiger partial charge is 0.277 e. The maximum absolute atomic E-state index is 12.9. The van der Waals surface area contributed by atoms with Crippen molar-refractivity contribution in [2.75, 3.05) is 13.1 Å². The van der Waals surface area contributed by atoms with E-state index in [0.29, 0.717) is 10.8 Å². The number of nitrogens with one attached hydrogen (secondary N) is 1. The van der Waals surface area contributed by atoms with Crippen LogP contribution in [0.1, 0.15) is 6.92 Å². The highest BCUT2D eigenvalue weighted by atomic mass is 35.5. The van der Waals surface area contributed by atoms with Crippen LogP contribution in [0.25, 0.3) is 0 Å². The summed E-state index contributed by atoms with van der Waals surface area (Å²) in [5, 5.41) is 2.42. The summed E-state index contributed by atoms with van der Waals surface area (Å²) in [5.74, 6) is -3.47. The van der Waals surface area contributed by atoms with Gasteiger partial charge in [0.15, 0.2) is 6.10 Å². The zero-order valence-corrected chi connectivity index (χ0v) is 12.3. The first kappa shape index (κ1) is 18.9. The van der Waals surface area contributed by atoms with Crippen molar-refractivity contribution in [2.45, 2.75) is 19.0 Å². The van der Waals surface area contributed by atoms with Crippen LogP contribution in [0.5, 0.6) is 5.75 Å². The number of nitrogens with two attached hydrogens (primary N) is 1. The molecule has 0 bridgehead atoms. The van der Waals surface area contributed by atoms with Crippen molar-refractivity contribution in [3.63, 3.8) is 0 Å². The van der Waals surface area contributed by atoms with Crippen LogP contribution >= 0.6 is 24.0 Å². The van der Waals surface area contributed by atoms with Gasteiger partial charge in [0.1, 0.15) is 5.75 Å². The van der Waals surface area contributed by atoms with E-state index in [1.165, 1.54) is 6.92 Å². The third-order valence-corrected chi connectivity index (χ3v) is 2.64. The molecule has 3 N–H and O–H groups in total. The summed E-state index contributed by atoms with van der Waals surface area (Å²) in [4.78, 5) is 11.6. The lowest BCUT2D eigenvalue weighted by Gasteiger charge is -2.18. The zero-order chi connectivity index (χ0) is 14.5. The Morgan fingerprint density at radius 3 is 2.65 bits per heavy atom. The van der Waals surface area contributed by atoms with Crippen LogP contribution in [0.3, 0.4) is 0 Å². The van der Waals surface area contributed by atoms with Gasteiger partial charge in [-0.1, -0.05) is 23.7 Å². The number of para-hydroxylation sites is 1. The van der Waals surface area contributed by atoms with E-state index in [9.17, 15) is 13.6 Å². The minimum absolute atomic E-state index is 0. The van der Waals surface area contributed by atoms with Gasteiger partial charge in [-0.2, -0.15) is 0 Å². The molecule has 1 aromatic carbocycles. The molecular weight excluding hydrogens is 313 g/mol. The maximum Gasteiger partial charge on any atom is 0.277 e. The van der Waals surface area contributed by atoms with Crippen LogP contribution in [0.15, 0.2) is 24.3 Å². The molecule has 1 rings (SSSR count). The molecule has 0 spiro atoms. The van der Waals surface area contributed by atoms with E-state index in [2.05, 4.69) is 5.32 Å². The lowest BCUT2D eigenvalue weighted by atomic mass is 10.3. The van der Waals surface area contributed by atoms with Crippen LogP contribution in [0.4, 0.5) is 8.78 Å². The second kappa shape index (κ2) is 8.24. The van der Waals surface area contributed by atoms with Gasteiger partial charge in [0.25, 0.3) is 11.8 Å². The fourth-order valence-electron chi connectivity index (χ4n) is 1.22. The largest absolute Gasteiger partial charge is 0.479 e. The monoisotopic (exact) mass is 328 g/mol. The first-order valence-electron chi connectivity index (χ1n) is 5.62. The Labute approximate surface area is 127 Å². The van der Waals surface area contributed by atoms with E-state index in [1.807, 2.05) is 0 Å². The predicted octanol–water partition coefficient (Wildman–Crippen LogP) is 2.24. The summed E-state index contributed by atoms with van der Waals surface area (Å²) < 4.78 is 31.0. The van der Waals surface area contributed by atoms with Crippen LogP contribution in [0.2, 0.25) is 5.02 Å². The molecule has 0 radical (unpaired) electrons. The summed E-state index contributed by atoms with van der Waals surface area (Å²) in [5.41, 5.74) is 4.86. The number of halogens is 4. The number of carbonyl (C=O) groups is 1. The average Bonchev–Trinajstić information content (AvgIpc) is 2.38. The molecule has 8 heteroatoms. The highest BCUT2D eigenvalue weighted by Crippen LogP contribution is 2.24. The zero-order valence-electron chi connectivity index (χ0n) is 10.7. The van der Waals surface area contributed by atoms with E-state index in [0.717, 1.165) is 0 Å². The van der Waals surface area contributed by atoms with Gasteiger partial charge in [0, 0.05) is 0 Å². The van der Waals surface area contributed by atoms with Gasteiger partial charge in [-0.15, -0.1) is 12.4 Å². The number of hydrogen-bond donors (Lipinski definition) is 2. The summed E-state index contributed by atoms with van der Waals surface area (Å²) in [7, 11) is 0. The Balaban J connectivity index is 0.00000361. The van der Waals surface area contributed by atoms with Crippen LogP contribution in [0, 0.1) is 0 Å². The normalized spacial score (nSPS) is 12.2. The summed E-state index contributed by atoms with van der Waals surface area (Å²) in [6.45, 7) is -0.204. The summed E-state index contributed by atoms with van der Waals surface area (Å²) in [6, 6.07) is 6.58. The van der Waals surface area contributed by atoms with Crippen molar-refractivity contribution < 1.29 is 18.3 Å². The molecule has 114 valence electrons. The molecular formula is C12H16Cl2F2N2O2. The topological polar surface area (TPSA) is 64.3 Å². The van der Waals surface area contributed by atoms with Gasteiger partial charge in [-0.05, 0) is 19.1 Å². The van der Waals surface area contributed by atoms with Crippen molar-refractivity contribution in [3.8, 4) is 5.75 Å². The second-order valence-corrected chi connectivity index (χ2v) is 4.38. The molecule has 0 saturated heterocycles. The van der Waals surface area contributed by atoms with Gasteiger partial charge in [-0.3, -0.25) is 4.79 Å². The molecule has 1 aromatic rings. The number of rotatable bonds is 6. The molecule has 1 amide bonds. The number of ether oxygens (including phenoxy) is 1. The van der Waals surface area contributed by atoms with E-state index >= 15 is 0 Å². The molecule has 0 aliphatic heterocycles. The SMILES string of the molecule is CC(Oc1ccccc1Cl)C(=O)NCC(F)(F)CN.Cl. The summed E-state index contributed by atoms with van der Waals surface area (Å²) >= 11 is 5.85. The molecule has 1 atom stereocenters. The summed E-state index contributed by atoms with van der Waals surface area (Å²) in [6.07, 6.45) is -0.937. The molecule has 20 heavy (non-hydrogen) atoms.